The van der Waals surface area contributed by atoms with E-state index in [0.29, 0.717) is 18.9 Å². The number of carbonyl (C=O) groups is 1. The third-order valence-corrected chi connectivity index (χ3v) is 14.2. The number of ether oxygens (including phenoxy) is 3. The Kier molecular flexibility index (Phi) is 4.54. The van der Waals surface area contributed by atoms with Gasteiger partial charge >= 0.3 is 0 Å². The van der Waals surface area contributed by atoms with E-state index in [4.69, 9.17) is 18.6 Å². The molecule has 174 valence electrons. The van der Waals surface area contributed by atoms with Crippen molar-refractivity contribution in [2.24, 2.45) is 11.3 Å². The maximum absolute atomic E-state index is 12.6. The van der Waals surface area contributed by atoms with Crippen LogP contribution >= 0.6 is 0 Å². The third-order valence-electron chi connectivity index (χ3n) is 9.73. The van der Waals surface area contributed by atoms with E-state index in [2.05, 4.69) is 40.8 Å². The van der Waals surface area contributed by atoms with Crippen LogP contribution in [0.2, 0.25) is 18.1 Å². The minimum Gasteiger partial charge on any atom is -0.410 e. The molecule has 2 saturated carbocycles. The summed E-state index contributed by atoms with van der Waals surface area (Å²) in [7, 11) is -2.02. The minimum absolute atomic E-state index is 0.0163. The predicted octanol–water partition coefficient (Wildman–Crippen LogP) is 5.15. The van der Waals surface area contributed by atoms with Crippen LogP contribution in [0.15, 0.2) is 11.6 Å². The fourth-order valence-electron chi connectivity index (χ4n) is 7.05. The molecule has 5 nitrogen and oxygen atoms in total. The average molecular weight is 449 g/mol. The molecular formula is C25H40O5Si. The van der Waals surface area contributed by atoms with Crippen molar-refractivity contribution in [2.45, 2.75) is 121 Å². The van der Waals surface area contributed by atoms with E-state index >= 15 is 0 Å². The molecule has 4 bridgehead atoms. The number of rotatable bonds is 2. The summed E-state index contributed by atoms with van der Waals surface area (Å²) < 4.78 is 27.0. The summed E-state index contributed by atoms with van der Waals surface area (Å²) in [6.07, 6.45) is 6.08. The van der Waals surface area contributed by atoms with Crippen LogP contribution in [0.1, 0.15) is 73.6 Å². The van der Waals surface area contributed by atoms with E-state index in [9.17, 15) is 4.79 Å². The molecule has 5 aliphatic rings. The fraction of sp³-hybridized carbons (Fsp3) is 0.880. The van der Waals surface area contributed by atoms with Gasteiger partial charge in [0.15, 0.2) is 19.9 Å². The standard InChI is InChI=1S/C25H40O5Si/c1-21(2,3)31(7,8)29-18-14-19-23(6)11-10-20-24(19,15-27-22(4,5)28-20)30-25(23)12-9-16(26)13-17(18)25/h13,18-20H,9-12,14-15H2,1-8H3/t18-,19+,20+,23+,24+,25+/m1/s1. The zero-order chi connectivity index (χ0) is 22.7. The molecule has 0 aromatic heterocycles. The minimum atomic E-state index is -2.02. The summed E-state index contributed by atoms with van der Waals surface area (Å²) in [6, 6.07) is 0. The van der Waals surface area contributed by atoms with E-state index in [1.807, 2.05) is 19.9 Å². The summed E-state index contributed by atoms with van der Waals surface area (Å²) >= 11 is 0. The first-order chi connectivity index (χ1) is 14.2. The van der Waals surface area contributed by atoms with Crippen molar-refractivity contribution < 1.29 is 23.4 Å². The molecule has 3 aliphatic carbocycles. The van der Waals surface area contributed by atoms with Crippen LogP contribution in [0, 0.1) is 11.3 Å². The number of hydrogen-bond acceptors (Lipinski definition) is 5. The highest BCUT2D eigenvalue weighted by Gasteiger charge is 2.78. The zero-order valence-electron chi connectivity index (χ0n) is 20.6. The molecule has 6 heteroatoms. The Morgan fingerprint density at radius 2 is 1.87 bits per heavy atom. The van der Waals surface area contributed by atoms with E-state index in [-0.39, 0.29) is 28.4 Å². The van der Waals surface area contributed by atoms with Crippen LogP contribution in [0.5, 0.6) is 0 Å². The number of allylic oxidation sites excluding steroid dienone is 1. The molecule has 31 heavy (non-hydrogen) atoms. The Morgan fingerprint density at radius 3 is 2.55 bits per heavy atom. The van der Waals surface area contributed by atoms with Gasteiger partial charge in [0.25, 0.3) is 0 Å². The van der Waals surface area contributed by atoms with E-state index < -0.39 is 25.3 Å². The second kappa shape index (κ2) is 6.32. The Hall–Kier alpha value is -0.533. The van der Waals surface area contributed by atoms with Crippen molar-refractivity contribution in [3.05, 3.63) is 11.6 Å². The smallest absolute Gasteiger partial charge is 0.192 e. The molecule has 6 atom stereocenters. The first kappa shape index (κ1) is 22.3. The topological polar surface area (TPSA) is 54.0 Å². The van der Waals surface area contributed by atoms with Crippen LogP contribution in [-0.4, -0.2) is 49.9 Å². The molecule has 0 aromatic rings. The van der Waals surface area contributed by atoms with E-state index in [1.54, 1.807) is 0 Å². The van der Waals surface area contributed by atoms with Crippen molar-refractivity contribution in [1.82, 2.24) is 0 Å². The SMILES string of the molecule is CC1(C)OC[C@]23O[C@@]45CCC(=O)C=C4[C@H](O[Si](C)(C)C(C)(C)C)C[C@H]2[C@]5(C)CC[C@@H]3O1. The second-order valence-corrected chi connectivity index (χ2v) is 17.6. The van der Waals surface area contributed by atoms with Crippen LogP contribution in [0.25, 0.3) is 0 Å². The molecule has 0 radical (unpaired) electrons. The summed E-state index contributed by atoms with van der Waals surface area (Å²) in [5, 5.41) is 0.110. The van der Waals surface area contributed by atoms with Gasteiger partial charge in [0, 0.05) is 17.8 Å². The van der Waals surface area contributed by atoms with Gasteiger partial charge in [-0.3, -0.25) is 4.79 Å². The van der Waals surface area contributed by atoms with Crippen molar-refractivity contribution in [3.8, 4) is 0 Å². The van der Waals surface area contributed by atoms with Crippen LogP contribution < -0.4 is 0 Å². The molecule has 0 N–H and O–H groups in total. The Bertz CT molecular complexity index is 841. The van der Waals surface area contributed by atoms with Crippen molar-refractivity contribution in [2.75, 3.05) is 6.61 Å². The summed E-state index contributed by atoms with van der Waals surface area (Å²) in [4.78, 5) is 12.6. The first-order valence-electron chi connectivity index (χ1n) is 12.1. The number of ketones is 1. The average Bonchev–Trinajstić information content (AvgIpc) is 2.72. The van der Waals surface area contributed by atoms with Gasteiger partial charge in [-0.05, 0) is 69.3 Å². The molecule has 0 unspecified atom stereocenters. The van der Waals surface area contributed by atoms with Crippen molar-refractivity contribution >= 4 is 14.1 Å². The molecule has 2 saturated heterocycles. The quantitative estimate of drug-likeness (QED) is 0.547. The first-order valence-corrected chi connectivity index (χ1v) is 15.0. The lowest BCUT2D eigenvalue weighted by Gasteiger charge is -2.58. The van der Waals surface area contributed by atoms with E-state index in [0.717, 1.165) is 31.3 Å². The molecule has 2 aliphatic heterocycles. The van der Waals surface area contributed by atoms with Gasteiger partial charge in [-0.15, -0.1) is 0 Å². The van der Waals surface area contributed by atoms with Gasteiger partial charge in [0.05, 0.1) is 24.4 Å². The van der Waals surface area contributed by atoms with Gasteiger partial charge in [-0.1, -0.05) is 27.7 Å². The van der Waals surface area contributed by atoms with Crippen LogP contribution in [-0.2, 0) is 23.4 Å². The third kappa shape index (κ3) is 2.84. The Morgan fingerprint density at radius 1 is 1.16 bits per heavy atom. The lowest BCUT2D eigenvalue weighted by molar-refractivity contribution is -0.350. The fourth-order valence-corrected chi connectivity index (χ4v) is 8.34. The largest absolute Gasteiger partial charge is 0.410 e. The van der Waals surface area contributed by atoms with Crippen molar-refractivity contribution in [1.29, 1.82) is 0 Å². The molecule has 0 aromatic carbocycles. The number of carbonyl (C=O) groups excluding carboxylic acids is 1. The normalized spacial score (nSPS) is 46.3. The number of hydrogen-bond donors (Lipinski definition) is 0. The van der Waals surface area contributed by atoms with Gasteiger partial charge < -0.3 is 18.6 Å². The maximum Gasteiger partial charge on any atom is 0.192 e. The lowest BCUT2D eigenvalue weighted by Crippen LogP contribution is -2.65. The molecular weight excluding hydrogens is 408 g/mol. The molecule has 4 fully saturated rings. The van der Waals surface area contributed by atoms with E-state index in [1.165, 1.54) is 0 Å². The highest BCUT2D eigenvalue weighted by molar-refractivity contribution is 6.74. The monoisotopic (exact) mass is 448 g/mol. The molecule has 2 spiro atoms. The van der Waals surface area contributed by atoms with Gasteiger partial charge in [-0.2, -0.15) is 0 Å². The highest BCUT2D eigenvalue weighted by Crippen LogP contribution is 2.72. The van der Waals surface area contributed by atoms with Gasteiger partial charge in [0.2, 0.25) is 0 Å². The predicted molar refractivity (Wildman–Crippen MR) is 121 cm³/mol. The molecule has 2 heterocycles. The van der Waals surface area contributed by atoms with Gasteiger partial charge in [-0.25, -0.2) is 0 Å². The van der Waals surface area contributed by atoms with Crippen LogP contribution in [0.3, 0.4) is 0 Å². The van der Waals surface area contributed by atoms with Crippen molar-refractivity contribution in [3.63, 3.8) is 0 Å². The maximum atomic E-state index is 12.6. The van der Waals surface area contributed by atoms with Crippen LogP contribution in [0.4, 0.5) is 0 Å². The zero-order valence-corrected chi connectivity index (χ0v) is 21.6. The summed E-state index contributed by atoms with van der Waals surface area (Å²) in [5.41, 5.74) is 0.194. The lowest BCUT2D eigenvalue weighted by atomic mass is 9.48. The summed E-state index contributed by atoms with van der Waals surface area (Å²) in [5.74, 6) is -0.0718. The Balaban J connectivity index is 1.61. The second-order valence-electron chi connectivity index (χ2n) is 12.9. The molecule has 0 amide bonds. The highest BCUT2D eigenvalue weighted by atomic mass is 28.4. The molecule has 5 rings (SSSR count). The Labute approximate surface area is 188 Å². The van der Waals surface area contributed by atoms with Gasteiger partial charge in [0.1, 0.15) is 5.60 Å². The summed E-state index contributed by atoms with van der Waals surface area (Å²) in [6.45, 7) is 18.4.